The first-order chi connectivity index (χ1) is 15.1. The first-order valence-corrected chi connectivity index (χ1v) is 9.26. The van der Waals surface area contributed by atoms with Gasteiger partial charge in [0.2, 0.25) is 6.79 Å². The van der Waals surface area contributed by atoms with Crippen LogP contribution in [0.1, 0.15) is 12.0 Å². The van der Waals surface area contributed by atoms with Crippen molar-refractivity contribution < 1.29 is 49.1 Å². The highest BCUT2D eigenvalue weighted by atomic mass is 16.7. The lowest BCUT2D eigenvalue weighted by Gasteiger charge is -2.34. The van der Waals surface area contributed by atoms with Gasteiger partial charge in [-0.1, -0.05) is 6.07 Å². The van der Waals surface area contributed by atoms with Crippen molar-refractivity contribution in [3.05, 3.63) is 23.8 Å². The molecule has 1 aromatic rings. The summed E-state index contributed by atoms with van der Waals surface area (Å²) >= 11 is 0. The summed E-state index contributed by atoms with van der Waals surface area (Å²) in [7, 11) is 0. The van der Waals surface area contributed by atoms with Crippen LogP contribution in [0.15, 0.2) is 18.2 Å². The minimum absolute atomic E-state index is 0.330. The third kappa shape index (κ3) is 9.74. The lowest BCUT2D eigenvalue weighted by atomic mass is 10.1. The summed E-state index contributed by atoms with van der Waals surface area (Å²) in [5.74, 6) is -5.60. The second-order valence-corrected chi connectivity index (χ2v) is 6.43. The van der Waals surface area contributed by atoms with E-state index in [1.807, 2.05) is 6.07 Å². The van der Waals surface area contributed by atoms with Crippen LogP contribution in [-0.4, -0.2) is 93.6 Å². The molecule has 1 aromatic carbocycles. The summed E-state index contributed by atoms with van der Waals surface area (Å²) < 4.78 is 10.7. The Morgan fingerprint density at radius 2 is 1.34 bits per heavy atom. The molecular formula is C19H23N3O10. The minimum atomic E-state index is -1.82. The number of piperazine rings is 1. The molecule has 3 rings (SSSR count). The fourth-order valence-corrected chi connectivity index (χ4v) is 2.68. The van der Waals surface area contributed by atoms with E-state index in [9.17, 15) is 0 Å². The second kappa shape index (κ2) is 13.4. The van der Waals surface area contributed by atoms with Gasteiger partial charge in [0.1, 0.15) is 0 Å². The monoisotopic (exact) mass is 453 g/mol. The first kappa shape index (κ1) is 26.1. The third-order valence-electron chi connectivity index (χ3n) is 4.21. The molecule has 1 saturated heterocycles. The Morgan fingerprint density at radius 3 is 1.84 bits per heavy atom. The molecular weight excluding hydrogens is 430 g/mol. The molecule has 32 heavy (non-hydrogen) atoms. The Balaban J connectivity index is 0.000000355. The van der Waals surface area contributed by atoms with Crippen LogP contribution in [0.4, 0.5) is 0 Å². The summed E-state index contributed by atoms with van der Waals surface area (Å²) in [5, 5.41) is 38.2. The maximum absolute atomic E-state index is 9.10. The summed E-state index contributed by atoms with van der Waals surface area (Å²) in [6.07, 6.45) is 0.627. The maximum atomic E-state index is 9.10. The van der Waals surface area contributed by atoms with E-state index in [2.05, 4.69) is 28.0 Å². The molecule has 4 N–H and O–H groups in total. The molecule has 0 amide bonds. The number of hydrogen-bond acceptors (Lipinski definition) is 9. The molecule has 0 bridgehead atoms. The van der Waals surface area contributed by atoms with Gasteiger partial charge in [-0.2, -0.15) is 5.26 Å². The van der Waals surface area contributed by atoms with Crippen molar-refractivity contribution in [3.63, 3.8) is 0 Å². The van der Waals surface area contributed by atoms with E-state index in [0.29, 0.717) is 13.2 Å². The van der Waals surface area contributed by atoms with Crippen molar-refractivity contribution in [1.29, 1.82) is 5.26 Å². The average molecular weight is 453 g/mol. The number of carboxylic acids is 4. The molecule has 0 spiro atoms. The summed E-state index contributed by atoms with van der Waals surface area (Å²) in [6.45, 7) is 6.38. The second-order valence-electron chi connectivity index (χ2n) is 6.43. The first-order valence-electron chi connectivity index (χ1n) is 9.26. The van der Waals surface area contributed by atoms with Gasteiger partial charge in [-0.05, 0) is 17.7 Å². The van der Waals surface area contributed by atoms with Crippen LogP contribution >= 0.6 is 0 Å². The zero-order valence-corrected chi connectivity index (χ0v) is 17.0. The zero-order valence-electron chi connectivity index (χ0n) is 17.0. The minimum Gasteiger partial charge on any atom is -0.473 e. The molecule has 174 valence electrons. The van der Waals surface area contributed by atoms with Crippen LogP contribution in [0.25, 0.3) is 0 Å². The molecule has 0 radical (unpaired) electrons. The van der Waals surface area contributed by atoms with Gasteiger partial charge in [-0.15, -0.1) is 0 Å². The van der Waals surface area contributed by atoms with E-state index in [0.717, 1.165) is 50.8 Å². The van der Waals surface area contributed by atoms with Crippen molar-refractivity contribution in [2.45, 2.75) is 13.0 Å². The highest BCUT2D eigenvalue weighted by molar-refractivity contribution is 6.27. The smallest absolute Gasteiger partial charge is 0.414 e. The van der Waals surface area contributed by atoms with Crippen molar-refractivity contribution >= 4 is 23.9 Å². The van der Waals surface area contributed by atoms with Crippen molar-refractivity contribution in [2.24, 2.45) is 0 Å². The Kier molecular flexibility index (Phi) is 11.0. The van der Waals surface area contributed by atoms with Crippen LogP contribution in [0.3, 0.4) is 0 Å². The molecule has 0 unspecified atom stereocenters. The van der Waals surface area contributed by atoms with Gasteiger partial charge < -0.3 is 29.9 Å². The number of nitrogens with zero attached hydrogens (tertiary/aromatic N) is 3. The summed E-state index contributed by atoms with van der Waals surface area (Å²) in [5.41, 5.74) is 1.26. The molecule has 1 fully saturated rings. The Morgan fingerprint density at radius 1 is 0.844 bits per heavy atom. The molecule has 0 aliphatic carbocycles. The lowest BCUT2D eigenvalue weighted by Crippen LogP contribution is -2.46. The molecule has 2 aliphatic heterocycles. The van der Waals surface area contributed by atoms with Gasteiger partial charge in [0, 0.05) is 45.7 Å². The number of fused-ring (bicyclic) bond motifs is 1. The molecule has 0 saturated carbocycles. The number of carbonyl (C=O) groups is 4. The largest absolute Gasteiger partial charge is 0.473 e. The normalized spacial score (nSPS) is 14.6. The molecule has 0 aromatic heterocycles. The number of nitriles is 1. The molecule has 13 nitrogen and oxygen atoms in total. The molecule has 0 atom stereocenters. The van der Waals surface area contributed by atoms with Crippen LogP contribution < -0.4 is 9.47 Å². The van der Waals surface area contributed by atoms with E-state index in [-0.39, 0.29) is 0 Å². The van der Waals surface area contributed by atoms with Gasteiger partial charge in [0.25, 0.3) is 0 Å². The summed E-state index contributed by atoms with van der Waals surface area (Å²) in [4.78, 5) is 41.2. The fourth-order valence-electron chi connectivity index (χ4n) is 2.68. The van der Waals surface area contributed by atoms with E-state index < -0.39 is 23.9 Å². The SMILES string of the molecule is N#CCCN1CCN(Cc2ccc3c(c2)OCO3)CC1.O=C(O)C(=O)O.O=C(O)C(=O)O. The predicted octanol–water partition coefficient (Wildman–Crippen LogP) is -0.242. The van der Waals surface area contributed by atoms with Crippen molar-refractivity contribution in [3.8, 4) is 17.6 Å². The number of rotatable bonds is 4. The van der Waals surface area contributed by atoms with E-state index in [1.165, 1.54) is 5.56 Å². The number of carboxylic acid groups (broad SMARTS) is 4. The topological polar surface area (TPSA) is 198 Å². The lowest BCUT2D eigenvalue weighted by molar-refractivity contribution is -0.159. The average Bonchev–Trinajstić information content (AvgIpc) is 3.22. The van der Waals surface area contributed by atoms with Gasteiger partial charge in [-0.3, -0.25) is 9.80 Å². The maximum Gasteiger partial charge on any atom is 0.414 e. The molecule has 13 heteroatoms. The molecule has 2 aliphatic rings. The van der Waals surface area contributed by atoms with E-state index >= 15 is 0 Å². The van der Waals surface area contributed by atoms with Crippen LogP contribution in [0.2, 0.25) is 0 Å². The Labute approximate surface area is 182 Å². The highest BCUT2D eigenvalue weighted by Gasteiger charge is 2.18. The predicted molar refractivity (Wildman–Crippen MR) is 105 cm³/mol. The quantitative estimate of drug-likeness (QED) is 0.436. The third-order valence-corrected chi connectivity index (χ3v) is 4.21. The van der Waals surface area contributed by atoms with E-state index in [4.69, 9.17) is 54.3 Å². The Bertz CT molecular complexity index is 811. The van der Waals surface area contributed by atoms with E-state index in [1.54, 1.807) is 0 Å². The van der Waals surface area contributed by atoms with Crippen molar-refractivity contribution in [1.82, 2.24) is 9.80 Å². The van der Waals surface area contributed by atoms with Crippen LogP contribution in [0.5, 0.6) is 11.5 Å². The number of benzene rings is 1. The fraction of sp³-hybridized carbons (Fsp3) is 0.421. The van der Waals surface area contributed by atoms with Crippen LogP contribution in [-0.2, 0) is 25.7 Å². The standard InChI is InChI=1S/C15H19N3O2.2C2H2O4/c16-4-1-5-17-6-8-18(9-7-17)11-13-2-3-14-15(10-13)20-12-19-14;2*3-1(4)2(5)6/h2-3,10H,1,5-9,11-12H2;2*(H,3,4)(H,5,6). The highest BCUT2D eigenvalue weighted by Crippen LogP contribution is 2.32. The van der Waals surface area contributed by atoms with Gasteiger partial charge in [0.05, 0.1) is 6.07 Å². The van der Waals surface area contributed by atoms with Crippen molar-refractivity contribution in [2.75, 3.05) is 39.5 Å². The van der Waals surface area contributed by atoms with Gasteiger partial charge in [0.15, 0.2) is 11.5 Å². The summed E-state index contributed by atoms with van der Waals surface area (Å²) in [6, 6.07) is 8.38. The number of aliphatic carboxylic acids is 4. The Hall–Kier alpha value is -3.89. The molecule has 2 heterocycles. The van der Waals surface area contributed by atoms with Crippen LogP contribution in [0, 0.1) is 11.3 Å². The van der Waals surface area contributed by atoms with Gasteiger partial charge >= 0.3 is 23.9 Å². The zero-order chi connectivity index (χ0) is 24.1. The van der Waals surface area contributed by atoms with Gasteiger partial charge in [-0.25, -0.2) is 19.2 Å². The number of hydrogen-bond donors (Lipinski definition) is 4. The number of ether oxygens (including phenoxy) is 2.